The summed E-state index contributed by atoms with van der Waals surface area (Å²) in [5, 5.41) is 3.04. The highest BCUT2D eigenvalue weighted by Crippen LogP contribution is 2.04. The largest absolute Gasteiger partial charge is 0.383 e. The molecular weight excluding hydrogens is 292 g/mol. The van der Waals surface area contributed by atoms with Gasteiger partial charge in [-0.3, -0.25) is 4.99 Å². The van der Waals surface area contributed by atoms with Crippen LogP contribution in [-0.2, 0) is 11.3 Å². The summed E-state index contributed by atoms with van der Waals surface area (Å²) < 4.78 is 6.94. The Labute approximate surface area is 135 Å². The number of nitrogens with one attached hydrogen (secondary N) is 1. The predicted molar refractivity (Wildman–Crippen MR) is 91.7 cm³/mol. The molecular formula is C16H22N6O. The second-order valence-electron chi connectivity index (χ2n) is 4.88. The standard InChI is InChI=1S/C16H22N6O/c1-18-16(19-8-9-23-2)21-15(17)14-11-22(12-20-14)10-13-6-4-3-5-7-13/h3-7,11-12H,8-10H2,1-2H3,(H3,17,18,19,21). The van der Waals surface area contributed by atoms with Crippen LogP contribution in [0.2, 0.25) is 0 Å². The molecule has 0 unspecified atom stereocenters. The summed E-state index contributed by atoms with van der Waals surface area (Å²) in [4.78, 5) is 12.6. The van der Waals surface area contributed by atoms with E-state index in [1.54, 1.807) is 20.5 Å². The fraction of sp³-hybridized carbons (Fsp3) is 0.312. The van der Waals surface area contributed by atoms with Crippen LogP contribution in [0.3, 0.4) is 0 Å². The number of methoxy groups -OCH3 is 1. The minimum absolute atomic E-state index is 0.322. The molecule has 0 aliphatic heterocycles. The molecule has 23 heavy (non-hydrogen) atoms. The lowest BCUT2D eigenvalue weighted by Gasteiger charge is -2.05. The third kappa shape index (κ3) is 5.23. The lowest BCUT2D eigenvalue weighted by Crippen LogP contribution is -2.28. The first kappa shape index (κ1) is 16.7. The summed E-state index contributed by atoms with van der Waals surface area (Å²) in [6, 6.07) is 10.2. The lowest BCUT2D eigenvalue weighted by molar-refractivity contribution is 0.204. The number of aliphatic imine (C=N–C) groups is 2. The molecule has 0 saturated carbocycles. The number of amidine groups is 1. The van der Waals surface area contributed by atoms with Gasteiger partial charge in [0.2, 0.25) is 5.96 Å². The highest BCUT2D eigenvalue weighted by Gasteiger charge is 2.05. The quantitative estimate of drug-likeness (QED) is 0.470. The highest BCUT2D eigenvalue weighted by molar-refractivity contribution is 6.03. The van der Waals surface area contributed by atoms with Crippen LogP contribution < -0.4 is 11.1 Å². The summed E-state index contributed by atoms with van der Waals surface area (Å²) >= 11 is 0. The number of ether oxygens (including phenoxy) is 1. The summed E-state index contributed by atoms with van der Waals surface area (Å²) in [5.41, 5.74) is 7.82. The molecule has 1 aromatic heterocycles. The zero-order valence-electron chi connectivity index (χ0n) is 13.4. The van der Waals surface area contributed by atoms with Gasteiger partial charge in [-0.1, -0.05) is 30.3 Å². The van der Waals surface area contributed by atoms with Crippen molar-refractivity contribution in [3.63, 3.8) is 0 Å². The van der Waals surface area contributed by atoms with Crippen molar-refractivity contribution in [2.75, 3.05) is 27.3 Å². The first-order valence-electron chi connectivity index (χ1n) is 7.32. The minimum Gasteiger partial charge on any atom is -0.383 e. The summed E-state index contributed by atoms with van der Waals surface area (Å²) in [7, 11) is 3.29. The number of imidazole rings is 1. The third-order valence-electron chi connectivity index (χ3n) is 3.13. The number of nitrogens with zero attached hydrogens (tertiary/aromatic N) is 4. The molecule has 0 saturated heterocycles. The van der Waals surface area contributed by atoms with E-state index in [4.69, 9.17) is 10.5 Å². The van der Waals surface area contributed by atoms with Crippen molar-refractivity contribution in [3.8, 4) is 0 Å². The van der Waals surface area contributed by atoms with E-state index in [1.165, 1.54) is 5.56 Å². The summed E-state index contributed by atoms with van der Waals surface area (Å²) in [6.45, 7) is 1.92. The first-order chi connectivity index (χ1) is 11.2. The third-order valence-corrected chi connectivity index (χ3v) is 3.13. The number of hydrogen-bond donors (Lipinski definition) is 2. The number of aromatic nitrogens is 2. The molecule has 3 N–H and O–H groups in total. The monoisotopic (exact) mass is 314 g/mol. The number of rotatable bonds is 6. The Kier molecular flexibility index (Phi) is 6.31. The van der Waals surface area contributed by atoms with Crippen LogP contribution in [0.4, 0.5) is 0 Å². The van der Waals surface area contributed by atoms with Crippen LogP contribution in [-0.4, -0.2) is 48.7 Å². The van der Waals surface area contributed by atoms with E-state index >= 15 is 0 Å². The van der Waals surface area contributed by atoms with Crippen molar-refractivity contribution >= 4 is 11.8 Å². The molecule has 0 spiro atoms. The van der Waals surface area contributed by atoms with E-state index < -0.39 is 0 Å². The summed E-state index contributed by atoms with van der Waals surface area (Å²) in [6.07, 6.45) is 3.61. The Hall–Kier alpha value is -2.67. The second kappa shape index (κ2) is 8.70. The van der Waals surface area contributed by atoms with E-state index in [0.29, 0.717) is 30.6 Å². The number of hydrogen-bond acceptors (Lipinski definition) is 3. The van der Waals surface area contributed by atoms with E-state index in [9.17, 15) is 0 Å². The van der Waals surface area contributed by atoms with Crippen LogP contribution in [0.15, 0.2) is 52.8 Å². The Morgan fingerprint density at radius 1 is 1.35 bits per heavy atom. The predicted octanol–water partition coefficient (Wildman–Crippen LogP) is 0.858. The average molecular weight is 314 g/mol. The lowest BCUT2D eigenvalue weighted by atomic mass is 10.2. The van der Waals surface area contributed by atoms with Crippen LogP contribution in [0.5, 0.6) is 0 Å². The van der Waals surface area contributed by atoms with E-state index in [-0.39, 0.29) is 0 Å². The van der Waals surface area contributed by atoms with Gasteiger partial charge in [-0.2, -0.15) is 4.99 Å². The first-order valence-corrected chi connectivity index (χ1v) is 7.32. The molecule has 0 aliphatic rings. The van der Waals surface area contributed by atoms with Gasteiger partial charge in [0, 0.05) is 33.4 Å². The fourth-order valence-electron chi connectivity index (χ4n) is 1.98. The maximum absolute atomic E-state index is 6.00. The maximum Gasteiger partial charge on any atom is 0.219 e. The van der Waals surface area contributed by atoms with Crippen molar-refractivity contribution < 1.29 is 4.74 Å². The fourth-order valence-corrected chi connectivity index (χ4v) is 1.98. The molecule has 0 bridgehead atoms. The van der Waals surface area contributed by atoms with Gasteiger partial charge in [-0.15, -0.1) is 0 Å². The van der Waals surface area contributed by atoms with Crippen LogP contribution >= 0.6 is 0 Å². The van der Waals surface area contributed by atoms with Crippen molar-refractivity contribution in [1.82, 2.24) is 14.9 Å². The Morgan fingerprint density at radius 2 is 2.13 bits per heavy atom. The highest BCUT2D eigenvalue weighted by atomic mass is 16.5. The molecule has 0 radical (unpaired) electrons. The molecule has 1 heterocycles. The van der Waals surface area contributed by atoms with E-state index in [0.717, 1.165) is 6.54 Å². The molecule has 0 aliphatic carbocycles. The van der Waals surface area contributed by atoms with E-state index in [2.05, 4.69) is 32.4 Å². The normalized spacial score (nSPS) is 12.4. The molecule has 122 valence electrons. The van der Waals surface area contributed by atoms with E-state index in [1.807, 2.05) is 29.0 Å². The molecule has 0 atom stereocenters. The smallest absolute Gasteiger partial charge is 0.219 e. The van der Waals surface area contributed by atoms with Gasteiger partial charge >= 0.3 is 0 Å². The number of guanidine groups is 1. The Morgan fingerprint density at radius 3 is 2.83 bits per heavy atom. The second-order valence-corrected chi connectivity index (χ2v) is 4.88. The van der Waals surface area contributed by atoms with Crippen LogP contribution in [0.25, 0.3) is 0 Å². The van der Waals surface area contributed by atoms with Gasteiger partial charge in [0.25, 0.3) is 0 Å². The van der Waals surface area contributed by atoms with Crippen LogP contribution in [0, 0.1) is 0 Å². The topological polar surface area (TPSA) is 89.8 Å². The van der Waals surface area contributed by atoms with Crippen molar-refractivity contribution in [1.29, 1.82) is 0 Å². The van der Waals surface area contributed by atoms with Crippen LogP contribution in [0.1, 0.15) is 11.3 Å². The molecule has 7 heteroatoms. The zero-order chi connectivity index (χ0) is 16.5. The van der Waals surface area contributed by atoms with Gasteiger partial charge in [-0.05, 0) is 5.56 Å². The zero-order valence-corrected chi connectivity index (χ0v) is 13.4. The number of benzene rings is 1. The van der Waals surface area contributed by atoms with Crippen molar-refractivity contribution in [3.05, 3.63) is 54.1 Å². The summed E-state index contributed by atoms with van der Waals surface area (Å²) in [5.74, 6) is 0.777. The molecule has 0 amide bonds. The molecule has 7 nitrogen and oxygen atoms in total. The Bertz CT molecular complexity index is 662. The van der Waals surface area contributed by atoms with Gasteiger partial charge in [0.05, 0.1) is 12.9 Å². The SMILES string of the molecule is CN=C(/N=C(/N)c1cn(Cc2ccccc2)cn1)NCCOC. The van der Waals surface area contributed by atoms with Gasteiger partial charge in [0.15, 0.2) is 5.84 Å². The van der Waals surface area contributed by atoms with Gasteiger partial charge in [0.1, 0.15) is 5.69 Å². The van der Waals surface area contributed by atoms with Gasteiger partial charge < -0.3 is 20.4 Å². The Balaban J connectivity index is 2.02. The maximum atomic E-state index is 6.00. The van der Waals surface area contributed by atoms with Crippen molar-refractivity contribution in [2.24, 2.45) is 15.7 Å². The molecule has 0 fully saturated rings. The molecule has 1 aromatic carbocycles. The van der Waals surface area contributed by atoms with Gasteiger partial charge in [-0.25, -0.2) is 4.98 Å². The minimum atomic E-state index is 0.322. The van der Waals surface area contributed by atoms with Crippen molar-refractivity contribution in [2.45, 2.75) is 6.54 Å². The molecule has 2 aromatic rings. The number of nitrogens with two attached hydrogens (primary N) is 1. The molecule has 2 rings (SSSR count). The average Bonchev–Trinajstić information content (AvgIpc) is 3.03.